The molecule has 2 rings (SSSR count). The lowest BCUT2D eigenvalue weighted by molar-refractivity contribution is 0.810. The second-order valence-electron chi connectivity index (χ2n) is 5.31. The van der Waals surface area contributed by atoms with Gasteiger partial charge in [-0.1, -0.05) is 84.4 Å². The molecule has 0 fully saturated rings. The first-order valence-corrected chi connectivity index (χ1v) is 7.86. The molecule has 0 N–H and O–H groups in total. The number of halogens is 1. The molecule has 0 spiro atoms. The Morgan fingerprint density at radius 1 is 0.842 bits per heavy atom. The van der Waals surface area contributed by atoms with Crippen molar-refractivity contribution in [1.29, 1.82) is 0 Å². The van der Waals surface area contributed by atoms with Gasteiger partial charge in [0.15, 0.2) is 0 Å². The quantitative estimate of drug-likeness (QED) is 0.604. The van der Waals surface area contributed by atoms with Crippen molar-refractivity contribution in [3.05, 3.63) is 71.3 Å². The SMILES string of the molecule is CC(C)c1ccc(CCC(Br)c2ccccc2)cc1. The average molecular weight is 317 g/mol. The maximum Gasteiger partial charge on any atom is 0.0398 e. The Balaban J connectivity index is 1.92. The third-order valence-electron chi connectivity index (χ3n) is 3.49. The van der Waals surface area contributed by atoms with Gasteiger partial charge in [0.2, 0.25) is 0 Å². The van der Waals surface area contributed by atoms with Gasteiger partial charge in [-0.2, -0.15) is 0 Å². The normalized spacial score (nSPS) is 12.6. The van der Waals surface area contributed by atoms with E-state index in [1.54, 1.807) is 0 Å². The first-order valence-electron chi connectivity index (χ1n) is 6.94. The zero-order valence-electron chi connectivity index (χ0n) is 11.6. The highest BCUT2D eigenvalue weighted by Crippen LogP contribution is 2.27. The van der Waals surface area contributed by atoms with Crippen LogP contribution in [0.4, 0.5) is 0 Å². The highest BCUT2D eigenvalue weighted by atomic mass is 79.9. The molecule has 0 amide bonds. The zero-order valence-corrected chi connectivity index (χ0v) is 13.2. The van der Waals surface area contributed by atoms with Gasteiger partial charge in [-0.3, -0.25) is 0 Å². The molecule has 0 aliphatic rings. The molecule has 19 heavy (non-hydrogen) atoms. The van der Waals surface area contributed by atoms with Crippen LogP contribution in [0.3, 0.4) is 0 Å². The Morgan fingerprint density at radius 2 is 1.47 bits per heavy atom. The Hall–Kier alpha value is -1.08. The van der Waals surface area contributed by atoms with E-state index in [1.807, 2.05) is 0 Å². The van der Waals surface area contributed by atoms with E-state index in [9.17, 15) is 0 Å². The minimum absolute atomic E-state index is 0.443. The molecule has 1 atom stereocenters. The van der Waals surface area contributed by atoms with Crippen LogP contribution in [-0.4, -0.2) is 0 Å². The molecule has 0 radical (unpaired) electrons. The molecule has 0 aliphatic carbocycles. The van der Waals surface area contributed by atoms with Gasteiger partial charge >= 0.3 is 0 Å². The second kappa shape index (κ2) is 6.91. The van der Waals surface area contributed by atoms with Crippen LogP contribution in [-0.2, 0) is 6.42 Å². The predicted octanol–water partition coefficient (Wildman–Crippen LogP) is 5.88. The molecule has 0 saturated heterocycles. The van der Waals surface area contributed by atoms with E-state index in [0.717, 1.165) is 12.8 Å². The van der Waals surface area contributed by atoms with Gasteiger partial charge in [0.1, 0.15) is 0 Å². The Kier molecular flexibility index (Phi) is 5.21. The van der Waals surface area contributed by atoms with Crippen LogP contribution < -0.4 is 0 Å². The van der Waals surface area contributed by atoms with Gasteiger partial charge in [0.25, 0.3) is 0 Å². The Bertz CT molecular complexity index is 485. The van der Waals surface area contributed by atoms with Crippen molar-refractivity contribution < 1.29 is 0 Å². The summed E-state index contributed by atoms with van der Waals surface area (Å²) in [7, 11) is 0. The third-order valence-corrected chi connectivity index (χ3v) is 4.48. The van der Waals surface area contributed by atoms with E-state index in [-0.39, 0.29) is 0 Å². The number of hydrogen-bond donors (Lipinski definition) is 0. The van der Waals surface area contributed by atoms with Crippen LogP contribution in [0.1, 0.15) is 47.7 Å². The smallest absolute Gasteiger partial charge is 0.0398 e. The van der Waals surface area contributed by atoms with Crippen molar-refractivity contribution in [3.8, 4) is 0 Å². The fourth-order valence-corrected chi connectivity index (χ4v) is 2.73. The lowest BCUT2D eigenvalue weighted by Gasteiger charge is -2.11. The molecule has 0 saturated carbocycles. The molecule has 1 heteroatoms. The molecule has 0 heterocycles. The van der Waals surface area contributed by atoms with Crippen molar-refractivity contribution in [2.24, 2.45) is 0 Å². The van der Waals surface area contributed by atoms with Gasteiger partial charge in [-0.15, -0.1) is 0 Å². The summed E-state index contributed by atoms with van der Waals surface area (Å²) < 4.78 is 0. The molecule has 0 nitrogen and oxygen atoms in total. The highest BCUT2D eigenvalue weighted by molar-refractivity contribution is 9.09. The van der Waals surface area contributed by atoms with Crippen LogP contribution in [0, 0.1) is 0 Å². The number of rotatable bonds is 5. The molecule has 2 aromatic rings. The first-order chi connectivity index (χ1) is 9.16. The van der Waals surface area contributed by atoms with E-state index >= 15 is 0 Å². The summed E-state index contributed by atoms with van der Waals surface area (Å²) in [6.07, 6.45) is 2.24. The molecule has 100 valence electrons. The summed E-state index contributed by atoms with van der Waals surface area (Å²) in [5.74, 6) is 0.613. The molecule has 0 aliphatic heterocycles. The third kappa shape index (κ3) is 4.21. The highest BCUT2D eigenvalue weighted by Gasteiger charge is 2.07. The number of hydrogen-bond acceptors (Lipinski definition) is 0. The predicted molar refractivity (Wildman–Crippen MR) is 87.0 cm³/mol. The van der Waals surface area contributed by atoms with Gasteiger partial charge in [-0.25, -0.2) is 0 Å². The van der Waals surface area contributed by atoms with E-state index in [0.29, 0.717) is 10.7 Å². The fourth-order valence-electron chi connectivity index (χ4n) is 2.19. The van der Waals surface area contributed by atoms with Crippen molar-refractivity contribution in [2.75, 3.05) is 0 Å². The molecule has 1 unspecified atom stereocenters. The standard InChI is InChI=1S/C18H21Br/c1-14(2)16-11-8-15(9-12-16)10-13-18(19)17-6-4-3-5-7-17/h3-9,11-12,14,18H,10,13H2,1-2H3. The summed E-state index contributed by atoms with van der Waals surface area (Å²) in [6, 6.07) is 19.7. The maximum atomic E-state index is 3.78. The minimum Gasteiger partial charge on any atom is -0.0839 e. The summed E-state index contributed by atoms with van der Waals surface area (Å²) >= 11 is 3.78. The first kappa shape index (κ1) is 14.3. The van der Waals surface area contributed by atoms with Crippen molar-refractivity contribution >= 4 is 15.9 Å². The lowest BCUT2D eigenvalue weighted by atomic mass is 9.99. The van der Waals surface area contributed by atoms with Gasteiger partial charge < -0.3 is 0 Å². The maximum absolute atomic E-state index is 3.78. The Morgan fingerprint density at radius 3 is 2.05 bits per heavy atom. The monoisotopic (exact) mass is 316 g/mol. The Labute approximate surface area is 125 Å². The van der Waals surface area contributed by atoms with E-state index in [2.05, 4.69) is 84.4 Å². The van der Waals surface area contributed by atoms with E-state index in [1.165, 1.54) is 16.7 Å². The van der Waals surface area contributed by atoms with Gasteiger partial charge in [0, 0.05) is 4.83 Å². The lowest BCUT2D eigenvalue weighted by Crippen LogP contribution is -1.94. The van der Waals surface area contributed by atoms with Crippen molar-refractivity contribution in [1.82, 2.24) is 0 Å². The average Bonchev–Trinajstić information content (AvgIpc) is 2.46. The topological polar surface area (TPSA) is 0 Å². The number of benzene rings is 2. The van der Waals surface area contributed by atoms with Crippen LogP contribution >= 0.6 is 15.9 Å². The summed E-state index contributed by atoms with van der Waals surface area (Å²) in [5.41, 5.74) is 4.20. The van der Waals surface area contributed by atoms with Crippen LogP contribution in [0.15, 0.2) is 54.6 Å². The zero-order chi connectivity index (χ0) is 13.7. The van der Waals surface area contributed by atoms with Crippen LogP contribution in [0.25, 0.3) is 0 Å². The molecular formula is C18H21Br. The van der Waals surface area contributed by atoms with Crippen LogP contribution in [0.2, 0.25) is 0 Å². The van der Waals surface area contributed by atoms with E-state index < -0.39 is 0 Å². The van der Waals surface area contributed by atoms with E-state index in [4.69, 9.17) is 0 Å². The van der Waals surface area contributed by atoms with Gasteiger partial charge in [-0.05, 0) is 35.4 Å². The summed E-state index contributed by atoms with van der Waals surface area (Å²) in [4.78, 5) is 0.443. The van der Waals surface area contributed by atoms with Crippen molar-refractivity contribution in [3.63, 3.8) is 0 Å². The van der Waals surface area contributed by atoms with Gasteiger partial charge in [0.05, 0.1) is 0 Å². The summed E-state index contributed by atoms with van der Waals surface area (Å²) in [6.45, 7) is 4.47. The molecular weight excluding hydrogens is 296 g/mol. The summed E-state index contributed by atoms with van der Waals surface area (Å²) in [5, 5.41) is 0. The molecule has 0 bridgehead atoms. The largest absolute Gasteiger partial charge is 0.0839 e. The van der Waals surface area contributed by atoms with Crippen molar-refractivity contribution in [2.45, 2.75) is 37.4 Å². The molecule has 2 aromatic carbocycles. The van der Waals surface area contributed by atoms with Crippen LogP contribution in [0.5, 0.6) is 0 Å². The fraction of sp³-hybridized carbons (Fsp3) is 0.333. The molecule has 0 aromatic heterocycles. The second-order valence-corrected chi connectivity index (χ2v) is 6.42. The number of alkyl halides is 1. The minimum atomic E-state index is 0.443. The number of aryl methyl sites for hydroxylation is 1.